The van der Waals surface area contributed by atoms with Crippen LogP contribution >= 0.6 is 0 Å². The molecule has 34 heavy (non-hydrogen) atoms. The molecule has 0 saturated carbocycles. The van der Waals surface area contributed by atoms with Gasteiger partial charge in [0.15, 0.2) is 0 Å². The van der Waals surface area contributed by atoms with Crippen molar-refractivity contribution in [3.8, 4) is 28.7 Å². The maximum absolute atomic E-state index is 13.0. The first-order valence-electron chi connectivity index (χ1n) is 10.8. The minimum absolute atomic E-state index is 0.0422. The summed E-state index contributed by atoms with van der Waals surface area (Å²) in [5.74, 6) is 2.84. The maximum Gasteiger partial charge on any atom is 0.254 e. The van der Waals surface area contributed by atoms with Crippen LogP contribution in [0.3, 0.4) is 0 Å². The minimum atomic E-state index is -3.61. The first-order chi connectivity index (χ1) is 16.1. The summed E-state index contributed by atoms with van der Waals surface area (Å²) >= 11 is 0. The van der Waals surface area contributed by atoms with E-state index in [9.17, 15) is 8.42 Å². The molecule has 2 N–H and O–H groups in total. The summed E-state index contributed by atoms with van der Waals surface area (Å²) < 4.78 is 37.6. The second kappa shape index (κ2) is 9.23. The molecule has 0 fully saturated rings. The minimum Gasteiger partial charge on any atom is -0.593 e. The molecule has 0 spiro atoms. The summed E-state index contributed by atoms with van der Waals surface area (Å²) in [6, 6.07) is 27.3. The van der Waals surface area contributed by atoms with Crippen LogP contribution in [0.25, 0.3) is 0 Å². The van der Waals surface area contributed by atoms with Crippen molar-refractivity contribution in [2.75, 3.05) is 0 Å². The van der Waals surface area contributed by atoms with Crippen molar-refractivity contribution in [2.24, 2.45) is 0 Å². The van der Waals surface area contributed by atoms with E-state index in [0.717, 1.165) is 5.56 Å². The molecule has 0 atom stereocenters. The van der Waals surface area contributed by atoms with Crippen LogP contribution in [-0.4, -0.2) is 13.5 Å². The van der Waals surface area contributed by atoms with Gasteiger partial charge in [-0.15, -0.1) is 0 Å². The molecule has 0 saturated heterocycles. The molecular weight excluding hydrogens is 448 g/mol. The lowest BCUT2D eigenvalue weighted by Crippen LogP contribution is -2.11. The van der Waals surface area contributed by atoms with Crippen LogP contribution in [-0.2, 0) is 15.3 Å². The normalized spacial score (nSPS) is 11.7. The van der Waals surface area contributed by atoms with E-state index in [-0.39, 0.29) is 15.2 Å². The number of hydrogen-bond donors (Lipinski definition) is 0. The van der Waals surface area contributed by atoms with E-state index in [1.165, 1.54) is 0 Å². The van der Waals surface area contributed by atoms with Crippen molar-refractivity contribution in [3.05, 3.63) is 103 Å². The SMILES string of the molecule is CC(C)(C)c1ccc(S(=O)(=O)c2ccc(Oc3ccc(Oc4ccc([OH2+])cc4)cc3)cc2)cc1. The molecule has 0 aliphatic carbocycles. The predicted octanol–water partition coefficient (Wildman–Crippen LogP) is 6.84. The van der Waals surface area contributed by atoms with Gasteiger partial charge in [0.05, 0.1) is 9.79 Å². The zero-order valence-electron chi connectivity index (χ0n) is 19.3. The zero-order valence-corrected chi connectivity index (χ0v) is 20.1. The van der Waals surface area contributed by atoms with Crippen LogP contribution in [0.2, 0.25) is 0 Å². The second-order valence-corrected chi connectivity index (χ2v) is 10.9. The fourth-order valence-corrected chi connectivity index (χ4v) is 4.59. The van der Waals surface area contributed by atoms with Gasteiger partial charge in [-0.2, -0.15) is 0 Å². The molecule has 0 radical (unpaired) electrons. The maximum atomic E-state index is 13.0. The standard InChI is InChI=1S/C28H26O5S/c1-28(2,3)20-4-16-26(17-5-20)34(30,31)27-18-14-25(15-19-27)33-24-12-10-23(11-13-24)32-22-8-6-21(29)7-9-22/h4-19,29H,1-3H3/p+1. The first kappa shape index (κ1) is 23.4. The van der Waals surface area contributed by atoms with Gasteiger partial charge in [-0.25, -0.2) is 8.42 Å². The predicted molar refractivity (Wildman–Crippen MR) is 133 cm³/mol. The summed E-state index contributed by atoms with van der Waals surface area (Å²) in [6.07, 6.45) is 0. The number of sulfone groups is 1. The zero-order chi connectivity index (χ0) is 24.3. The molecule has 0 aromatic heterocycles. The topological polar surface area (TPSA) is 75.5 Å². The Morgan fingerprint density at radius 1 is 0.559 bits per heavy atom. The summed E-state index contributed by atoms with van der Waals surface area (Å²) in [5.41, 5.74) is 1.04. The van der Waals surface area contributed by atoms with Crippen molar-refractivity contribution < 1.29 is 23.0 Å². The van der Waals surface area contributed by atoms with Crippen molar-refractivity contribution >= 4 is 9.84 Å². The van der Waals surface area contributed by atoms with Crippen LogP contribution in [0.5, 0.6) is 28.7 Å². The quantitative estimate of drug-likeness (QED) is 0.286. The molecule has 0 bridgehead atoms. The third-order valence-corrected chi connectivity index (χ3v) is 7.10. The van der Waals surface area contributed by atoms with Crippen molar-refractivity contribution in [3.63, 3.8) is 0 Å². The Kier molecular flexibility index (Phi) is 6.35. The number of ether oxygens (including phenoxy) is 2. The number of benzene rings is 4. The molecule has 0 amide bonds. The monoisotopic (exact) mass is 475 g/mol. The van der Waals surface area contributed by atoms with Crippen LogP contribution in [0.15, 0.2) is 107 Å². The molecule has 0 heterocycles. The van der Waals surface area contributed by atoms with Crippen LogP contribution < -0.4 is 9.47 Å². The van der Waals surface area contributed by atoms with Gasteiger partial charge < -0.3 is 14.6 Å². The largest absolute Gasteiger partial charge is 0.593 e. The van der Waals surface area contributed by atoms with E-state index in [0.29, 0.717) is 28.7 Å². The van der Waals surface area contributed by atoms with E-state index in [4.69, 9.17) is 14.6 Å². The highest BCUT2D eigenvalue weighted by Gasteiger charge is 2.20. The summed E-state index contributed by atoms with van der Waals surface area (Å²) in [4.78, 5) is 0.480. The lowest BCUT2D eigenvalue weighted by atomic mass is 9.87. The smallest absolute Gasteiger partial charge is 0.254 e. The fourth-order valence-electron chi connectivity index (χ4n) is 3.33. The molecule has 4 aromatic rings. The van der Waals surface area contributed by atoms with E-state index < -0.39 is 9.84 Å². The molecule has 0 aliphatic heterocycles. The van der Waals surface area contributed by atoms with Crippen molar-refractivity contribution in [1.82, 2.24) is 0 Å². The Labute approximate surface area is 200 Å². The highest BCUT2D eigenvalue weighted by Crippen LogP contribution is 2.30. The summed E-state index contributed by atoms with van der Waals surface area (Å²) in [6.45, 7) is 6.27. The molecule has 0 aliphatic rings. The molecule has 4 rings (SSSR count). The molecule has 174 valence electrons. The lowest BCUT2D eigenvalue weighted by molar-refractivity contribution is 0.461. The van der Waals surface area contributed by atoms with Crippen molar-refractivity contribution in [2.45, 2.75) is 36.0 Å². The van der Waals surface area contributed by atoms with E-state index >= 15 is 0 Å². The number of hydrogen-bond acceptors (Lipinski definition) is 4. The van der Waals surface area contributed by atoms with Gasteiger partial charge in [-0.1, -0.05) is 32.9 Å². The third-order valence-electron chi connectivity index (χ3n) is 5.31. The third kappa shape index (κ3) is 5.41. The van der Waals surface area contributed by atoms with E-state index in [1.807, 2.05) is 12.1 Å². The molecule has 6 heteroatoms. The van der Waals surface area contributed by atoms with E-state index in [1.54, 1.807) is 84.9 Å². The highest BCUT2D eigenvalue weighted by molar-refractivity contribution is 7.91. The fraction of sp³-hybridized carbons (Fsp3) is 0.143. The Morgan fingerprint density at radius 3 is 1.26 bits per heavy atom. The van der Waals surface area contributed by atoms with E-state index in [2.05, 4.69) is 20.8 Å². The van der Waals surface area contributed by atoms with Gasteiger partial charge in [0.25, 0.3) is 5.75 Å². The Bertz CT molecular complexity index is 1350. The first-order valence-corrected chi connectivity index (χ1v) is 12.3. The van der Waals surface area contributed by atoms with Gasteiger partial charge in [-0.3, -0.25) is 0 Å². The summed E-state index contributed by atoms with van der Waals surface area (Å²) in [7, 11) is -3.61. The van der Waals surface area contributed by atoms with Gasteiger partial charge >= 0.3 is 0 Å². The van der Waals surface area contributed by atoms with Gasteiger partial charge in [0.2, 0.25) is 9.84 Å². The average Bonchev–Trinajstić information content (AvgIpc) is 2.82. The Hall–Kier alpha value is -3.77. The second-order valence-electron chi connectivity index (χ2n) is 8.95. The lowest BCUT2D eigenvalue weighted by Gasteiger charge is -2.19. The Morgan fingerprint density at radius 2 is 0.882 bits per heavy atom. The molecule has 5 nitrogen and oxygen atoms in total. The van der Waals surface area contributed by atoms with Gasteiger partial charge in [0, 0.05) is 12.1 Å². The van der Waals surface area contributed by atoms with Crippen LogP contribution in [0, 0.1) is 0 Å². The van der Waals surface area contributed by atoms with Gasteiger partial charge in [-0.05, 0) is 83.8 Å². The Balaban J connectivity index is 1.43. The highest BCUT2D eigenvalue weighted by atomic mass is 32.2. The van der Waals surface area contributed by atoms with Crippen LogP contribution in [0.4, 0.5) is 0 Å². The number of rotatable bonds is 6. The van der Waals surface area contributed by atoms with Crippen LogP contribution in [0.1, 0.15) is 26.3 Å². The molecular formula is C28H27O5S+. The summed E-state index contributed by atoms with van der Waals surface area (Å²) in [5, 5.41) is 7.52. The molecule has 0 unspecified atom stereocenters. The van der Waals surface area contributed by atoms with Gasteiger partial charge in [0.1, 0.15) is 23.0 Å². The van der Waals surface area contributed by atoms with Crippen molar-refractivity contribution in [1.29, 1.82) is 0 Å². The average molecular weight is 476 g/mol. The molecule has 4 aromatic carbocycles.